The molecule has 0 bridgehead atoms. The zero-order valence-electron chi connectivity index (χ0n) is 12.9. The second-order valence-electron chi connectivity index (χ2n) is 5.19. The predicted molar refractivity (Wildman–Crippen MR) is 91.0 cm³/mol. The highest BCUT2D eigenvalue weighted by molar-refractivity contribution is 7.98. The van der Waals surface area contributed by atoms with Crippen molar-refractivity contribution in [2.75, 3.05) is 6.61 Å². The molecule has 2 rings (SSSR count). The van der Waals surface area contributed by atoms with Crippen molar-refractivity contribution in [1.82, 2.24) is 0 Å². The van der Waals surface area contributed by atoms with Crippen LogP contribution in [-0.4, -0.2) is 6.61 Å². The van der Waals surface area contributed by atoms with Gasteiger partial charge in [-0.1, -0.05) is 23.8 Å². The number of aryl methyl sites for hydroxylation is 1. The third kappa shape index (κ3) is 4.51. The van der Waals surface area contributed by atoms with E-state index in [0.29, 0.717) is 6.61 Å². The predicted octanol–water partition coefficient (Wildman–Crippen LogP) is 4.71. The van der Waals surface area contributed by atoms with Crippen LogP contribution in [0.3, 0.4) is 0 Å². The number of ether oxygens (including phenoxy) is 1. The molecule has 2 aromatic carbocycles. The average Bonchev–Trinajstić information content (AvgIpc) is 2.48. The van der Waals surface area contributed by atoms with E-state index in [0.717, 1.165) is 17.1 Å². The average molecular weight is 301 g/mol. The van der Waals surface area contributed by atoms with Gasteiger partial charge in [0.1, 0.15) is 5.75 Å². The lowest BCUT2D eigenvalue weighted by Crippen LogP contribution is -2.06. The first kappa shape index (κ1) is 15.9. The maximum absolute atomic E-state index is 5.98. The summed E-state index contributed by atoms with van der Waals surface area (Å²) in [5.41, 5.74) is 9.63. The van der Waals surface area contributed by atoms with Crippen LogP contribution in [0.4, 0.5) is 0 Å². The molecule has 112 valence electrons. The lowest BCUT2D eigenvalue weighted by molar-refractivity contribution is 0.337. The van der Waals surface area contributed by atoms with Gasteiger partial charge in [-0.2, -0.15) is 0 Å². The molecule has 0 spiro atoms. The Hall–Kier alpha value is -1.45. The van der Waals surface area contributed by atoms with Crippen LogP contribution < -0.4 is 10.5 Å². The molecule has 3 heteroatoms. The van der Waals surface area contributed by atoms with E-state index in [1.807, 2.05) is 31.7 Å². The summed E-state index contributed by atoms with van der Waals surface area (Å²) in [5, 5.41) is 0. The van der Waals surface area contributed by atoms with E-state index >= 15 is 0 Å². The highest BCUT2D eigenvalue weighted by Crippen LogP contribution is 2.30. The van der Waals surface area contributed by atoms with Gasteiger partial charge in [0.2, 0.25) is 0 Å². The minimum absolute atomic E-state index is 0.0452. The molecule has 0 aliphatic rings. The summed E-state index contributed by atoms with van der Waals surface area (Å²) in [4.78, 5) is 1.27. The van der Waals surface area contributed by atoms with E-state index in [-0.39, 0.29) is 6.04 Å². The van der Waals surface area contributed by atoms with Crippen molar-refractivity contribution in [3.63, 3.8) is 0 Å². The van der Waals surface area contributed by atoms with Crippen LogP contribution in [0, 0.1) is 6.92 Å². The molecular weight excluding hydrogens is 278 g/mol. The van der Waals surface area contributed by atoms with Crippen molar-refractivity contribution in [3.05, 3.63) is 59.2 Å². The Labute approximate surface area is 131 Å². The number of hydrogen-bond acceptors (Lipinski definition) is 3. The molecule has 0 heterocycles. The topological polar surface area (TPSA) is 35.2 Å². The first-order valence-electron chi connectivity index (χ1n) is 7.31. The Balaban J connectivity index is 2.16. The van der Waals surface area contributed by atoms with Gasteiger partial charge in [0.15, 0.2) is 0 Å². The fourth-order valence-corrected chi connectivity index (χ4v) is 2.96. The summed E-state index contributed by atoms with van der Waals surface area (Å²) in [6.07, 6.45) is 0. The van der Waals surface area contributed by atoms with Gasteiger partial charge in [-0.3, -0.25) is 0 Å². The molecule has 1 atom stereocenters. The molecule has 0 radical (unpaired) electrons. The van der Waals surface area contributed by atoms with Crippen LogP contribution in [0.2, 0.25) is 0 Å². The molecule has 0 saturated heterocycles. The molecule has 1 unspecified atom stereocenters. The standard InChI is InChI=1S/C18H23NOS/c1-4-20-18-10-7-15(14(3)19)11-16(18)12-21-17-8-5-13(2)6-9-17/h5-11,14H,4,12,19H2,1-3H3. The zero-order chi connectivity index (χ0) is 15.2. The van der Waals surface area contributed by atoms with Crippen molar-refractivity contribution >= 4 is 11.8 Å². The second kappa shape index (κ2) is 7.53. The molecule has 0 fully saturated rings. The molecule has 21 heavy (non-hydrogen) atoms. The SMILES string of the molecule is CCOc1ccc(C(C)N)cc1CSc1ccc(C)cc1. The molecule has 0 aliphatic heterocycles. The summed E-state index contributed by atoms with van der Waals surface area (Å²) in [6.45, 7) is 6.80. The van der Waals surface area contributed by atoms with E-state index in [2.05, 4.69) is 43.3 Å². The number of benzene rings is 2. The molecule has 2 aromatic rings. The molecule has 0 saturated carbocycles. The van der Waals surface area contributed by atoms with Gasteiger partial charge in [-0.05, 0) is 50.6 Å². The number of rotatable bonds is 6. The number of thioether (sulfide) groups is 1. The molecule has 0 amide bonds. The number of hydrogen-bond donors (Lipinski definition) is 1. The lowest BCUT2D eigenvalue weighted by atomic mass is 10.1. The van der Waals surface area contributed by atoms with E-state index in [1.54, 1.807) is 0 Å². The second-order valence-corrected chi connectivity index (χ2v) is 6.24. The number of nitrogens with two attached hydrogens (primary N) is 1. The summed E-state index contributed by atoms with van der Waals surface area (Å²) in [7, 11) is 0. The third-order valence-corrected chi connectivity index (χ3v) is 4.39. The molecule has 2 nitrogen and oxygen atoms in total. The normalized spacial score (nSPS) is 12.2. The van der Waals surface area contributed by atoms with Crippen LogP contribution in [0.25, 0.3) is 0 Å². The Morgan fingerprint density at radius 3 is 2.48 bits per heavy atom. The highest BCUT2D eigenvalue weighted by Gasteiger charge is 2.08. The van der Waals surface area contributed by atoms with Gasteiger partial charge < -0.3 is 10.5 Å². The smallest absolute Gasteiger partial charge is 0.123 e. The maximum atomic E-state index is 5.98. The third-order valence-electron chi connectivity index (χ3n) is 3.33. The van der Waals surface area contributed by atoms with Crippen LogP contribution in [-0.2, 0) is 5.75 Å². The van der Waals surface area contributed by atoms with Gasteiger partial charge in [0, 0.05) is 22.3 Å². The Morgan fingerprint density at radius 2 is 1.86 bits per heavy atom. The van der Waals surface area contributed by atoms with E-state index < -0.39 is 0 Å². The van der Waals surface area contributed by atoms with E-state index in [9.17, 15) is 0 Å². The quantitative estimate of drug-likeness (QED) is 0.785. The van der Waals surface area contributed by atoms with Crippen LogP contribution in [0.15, 0.2) is 47.4 Å². The van der Waals surface area contributed by atoms with Gasteiger partial charge in [0.05, 0.1) is 6.61 Å². The van der Waals surface area contributed by atoms with Crippen LogP contribution in [0.5, 0.6) is 5.75 Å². The molecule has 0 aliphatic carbocycles. The summed E-state index contributed by atoms with van der Waals surface area (Å²) in [6, 6.07) is 14.9. The Morgan fingerprint density at radius 1 is 1.14 bits per heavy atom. The molecular formula is C18H23NOS. The van der Waals surface area contributed by atoms with E-state index in [1.165, 1.54) is 16.0 Å². The minimum atomic E-state index is 0.0452. The van der Waals surface area contributed by atoms with Gasteiger partial charge in [0.25, 0.3) is 0 Å². The van der Waals surface area contributed by atoms with Crippen LogP contribution >= 0.6 is 11.8 Å². The monoisotopic (exact) mass is 301 g/mol. The van der Waals surface area contributed by atoms with Crippen molar-refractivity contribution in [2.24, 2.45) is 5.73 Å². The maximum Gasteiger partial charge on any atom is 0.123 e. The van der Waals surface area contributed by atoms with Gasteiger partial charge >= 0.3 is 0 Å². The van der Waals surface area contributed by atoms with Crippen molar-refractivity contribution in [2.45, 2.75) is 37.5 Å². The fourth-order valence-electron chi connectivity index (χ4n) is 2.09. The lowest BCUT2D eigenvalue weighted by Gasteiger charge is -2.14. The van der Waals surface area contributed by atoms with Crippen molar-refractivity contribution < 1.29 is 4.74 Å². The van der Waals surface area contributed by atoms with E-state index in [4.69, 9.17) is 10.5 Å². The van der Waals surface area contributed by atoms with Crippen molar-refractivity contribution in [3.8, 4) is 5.75 Å². The minimum Gasteiger partial charge on any atom is -0.494 e. The summed E-state index contributed by atoms with van der Waals surface area (Å²) >= 11 is 1.82. The molecule has 0 aromatic heterocycles. The fraction of sp³-hybridized carbons (Fsp3) is 0.333. The Kier molecular flexibility index (Phi) is 5.71. The first-order valence-corrected chi connectivity index (χ1v) is 8.29. The Bertz CT molecular complexity index is 578. The van der Waals surface area contributed by atoms with Gasteiger partial charge in [-0.15, -0.1) is 11.8 Å². The first-order chi connectivity index (χ1) is 10.1. The summed E-state index contributed by atoms with van der Waals surface area (Å²) in [5.74, 6) is 1.85. The van der Waals surface area contributed by atoms with Gasteiger partial charge in [-0.25, -0.2) is 0 Å². The highest BCUT2D eigenvalue weighted by atomic mass is 32.2. The largest absolute Gasteiger partial charge is 0.494 e. The zero-order valence-corrected chi connectivity index (χ0v) is 13.7. The van der Waals surface area contributed by atoms with Crippen molar-refractivity contribution in [1.29, 1.82) is 0 Å². The summed E-state index contributed by atoms with van der Waals surface area (Å²) < 4.78 is 5.73. The van der Waals surface area contributed by atoms with Crippen LogP contribution in [0.1, 0.15) is 36.6 Å². The molecule has 2 N–H and O–H groups in total.